The summed E-state index contributed by atoms with van der Waals surface area (Å²) >= 11 is 6.75. The maximum atomic E-state index is 12.5. The molecule has 2 aromatic heterocycles. The molecule has 0 atom stereocenters. The minimum absolute atomic E-state index is 0.0884. The lowest BCUT2D eigenvalue weighted by molar-refractivity contribution is -0.116. The van der Waals surface area contributed by atoms with Gasteiger partial charge in [0.05, 0.1) is 10.9 Å². The molecule has 0 saturated heterocycles. The Morgan fingerprint density at radius 1 is 1.13 bits per heavy atom. The molecule has 0 aliphatic carbocycles. The molecule has 2 aromatic carbocycles. The topological polar surface area (TPSA) is 92.5 Å². The number of hydrogen-bond acceptors (Lipinski definition) is 6. The Morgan fingerprint density at radius 3 is 2.53 bits per heavy atom. The normalized spacial score (nSPS) is 11.8. The second kappa shape index (κ2) is 8.19. The summed E-state index contributed by atoms with van der Waals surface area (Å²) in [4.78, 5) is 16.7. The molecule has 0 aliphatic heterocycles. The standard InChI is InChI=1S/C20H16ClN3O4S2/c1-24(30(26,27)19-11-10-17(21)29-19)12-18(25)22-14-8-6-13(7-9-14)20-23-15-4-2-3-5-16(15)28-20/h2-11H,12H2,1H3,(H,22,25). The summed E-state index contributed by atoms with van der Waals surface area (Å²) in [6, 6.07) is 17.3. The first-order chi connectivity index (χ1) is 14.3. The number of rotatable bonds is 6. The van der Waals surface area contributed by atoms with Crippen LogP contribution in [-0.4, -0.2) is 37.2 Å². The lowest BCUT2D eigenvalue weighted by atomic mass is 10.2. The van der Waals surface area contributed by atoms with Crippen LogP contribution in [0.2, 0.25) is 4.34 Å². The number of oxazole rings is 1. The third kappa shape index (κ3) is 4.24. The van der Waals surface area contributed by atoms with E-state index < -0.39 is 15.9 Å². The van der Waals surface area contributed by atoms with Crippen molar-refractivity contribution < 1.29 is 17.6 Å². The predicted octanol–water partition coefficient (Wildman–Crippen LogP) is 4.47. The van der Waals surface area contributed by atoms with Crippen molar-refractivity contribution in [1.29, 1.82) is 0 Å². The van der Waals surface area contributed by atoms with Crippen LogP contribution in [0.25, 0.3) is 22.6 Å². The SMILES string of the molecule is CN(CC(=O)Nc1ccc(-c2nc3ccccc3o2)cc1)S(=O)(=O)c1ccc(Cl)s1. The zero-order chi connectivity index (χ0) is 21.3. The fourth-order valence-electron chi connectivity index (χ4n) is 2.77. The first kappa shape index (κ1) is 20.5. The molecule has 1 amide bonds. The van der Waals surface area contributed by atoms with E-state index in [1.54, 1.807) is 24.3 Å². The van der Waals surface area contributed by atoms with Gasteiger partial charge in [0.15, 0.2) is 5.58 Å². The highest BCUT2D eigenvalue weighted by atomic mass is 35.5. The molecule has 2 heterocycles. The van der Waals surface area contributed by atoms with Crippen LogP contribution in [0.15, 0.2) is 69.3 Å². The molecule has 30 heavy (non-hydrogen) atoms. The van der Waals surface area contributed by atoms with E-state index in [4.69, 9.17) is 16.0 Å². The molecule has 0 fully saturated rings. The molecule has 4 rings (SSSR count). The van der Waals surface area contributed by atoms with Gasteiger partial charge in [0.25, 0.3) is 10.0 Å². The number of hydrogen-bond donors (Lipinski definition) is 1. The summed E-state index contributed by atoms with van der Waals surface area (Å²) in [6.45, 7) is -0.329. The fourth-order valence-corrected chi connectivity index (χ4v) is 5.59. The minimum Gasteiger partial charge on any atom is -0.436 e. The number of fused-ring (bicyclic) bond motifs is 1. The molecule has 0 aliphatic rings. The smallest absolute Gasteiger partial charge is 0.252 e. The number of anilines is 1. The van der Waals surface area contributed by atoms with Crippen LogP contribution in [-0.2, 0) is 14.8 Å². The quantitative estimate of drug-likeness (QED) is 0.457. The molecular weight excluding hydrogens is 446 g/mol. The Bertz CT molecular complexity index is 1280. The van der Waals surface area contributed by atoms with Gasteiger partial charge >= 0.3 is 0 Å². The van der Waals surface area contributed by atoms with Gasteiger partial charge in [0, 0.05) is 18.3 Å². The largest absolute Gasteiger partial charge is 0.436 e. The van der Waals surface area contributed by atoms with E-state index in [1.165, 1.54) is 19.2 Å². The van der Waals surface area contributed by atoms with E-state index in [0.29, 0.717) is 21.5 Å². The van der Waals surface area contributed by atoms with E-state index in [0.717, 1.165) is 26.7 Å². The maximum Gasteiger partial charge on any atom is 0.252 e. The van der Waals surface area contributed by atoms with E-state index in [-0.39, 0.29) is 10.8 Å². The number of para-hydroxylation sites is 2. The van der Waals surface area contributed by atoms with Crippen molar-refractivity contribution in [1.82, 2.24) is 9.29 Å². The Balaban J connectivity index is 1.42. The van der Waals surface area contributed by atoms with Gasteiger partial charge < -0.3 is 9.73 Å². The van der Waals surface area contributed by atoms with Crippen molar-refractivity contribution in [3.63, 3.8) is 0 Å². The van der Waals surface area contributed by atoms with Gasteiger partial charge in [-0.2, -0.15) is 4.31 Å². The number of benzene rings is 2. The summed E-state index contributed by atoms with van der Waals surface area (Å²) in [6.07, 6.45) is 0. The number of thiophene rings is 1. The minimum atomic E-state index is -3.78. The van der Waals surface area contributed by atoms with Crippen LogP contribution in [0.1, 0.15) is 0 Å². The number of carbonyl (C=O) groups excluding carboxylic acids is 1. The Hall–Kier alpha value is -2.72. The molecular formula is C20H16ClN3O4S2. The Morgan fingerprint density at radius 2 is 1.87 bits per heavy atom. The molecule has 1 N–H and O–H groups in total. The van der Waals surface area contributed by atoms with E-state index in [1.807, 2.05) is 24.3 Å². The monoisotopic (exact) mass is 461 g/mol. The van der Waals surface area contributed by atoms with Gasteiger partial charge in [0.1, 0.15) is 9.73 Å². The van der Waals surface area contributed by atoms with Crippen molar-refractivity contribution in [2.75, 3.05) is 18.9 Å². The number of likely N-dealkylation sites (N-methyl/N-ethyl adjacent to an activating group) is 1. The van der Waals surface area contributed by atoms with E-state index >= 15 is 0 Å². The highest BCUT2D eigenvalue weighted by Gasteiger charge is 2.24. The Labute approximate surface area is 182 Å². The zero-order valence-electron chi connectivity index (χ0n) is 15.7. The molecule has 154 valence electrons. The number of aromatic nitrogens is 1. The number of amides is 1. The summed E-state index contributed by atoms with van der Waals surface area (Å²) in [5.74, 6) is 0.0212. The molecule has 0 spiro atoms. The molecule has 0 bridgehead atoms. The third-order valence-electron chi connectivity index (χ3n) is 4.29. The van der Waals surface area contributed by atoms with Crippen LogP contribution in [0.5, 0.6) is 0 Å². The third-order valence-corrected chi connectivity index (χ3v) is 7.79. The van der Waals surface area contributed by atoms with Crippen molar-refractivity contribution in [2.45, 2.75) is 4.21 Å². The molecule has 4 aromatic rings. The van der Waals surface area contributed by atoms with Crippen LogP contribution in [0, 0.1) is 0 Å². The second-order valence-corrected chi connectivity index (χ2v) is 10.4. The van der Waals surface area contributed by atoms with E-state index in [2.05, 4.69) is 10.3 Å². The lowest BCUT2D eigenvalue weighted by Gasteiger charge is -2.15. The molecule has 0 unspecified atom stereocenters. The van der Waals surface area contributed by atoms with Crippen LogP contribution < -0.4 is 5.32 Å². The zero-order valence-corrected chi connectivity index (χ0v) is 18.1. The van der Waals surface area contributed by atoms with Gasteiger partial charge in [-0.1, -0.05) is 23.7 Å². The summed E-state index contributed by atoms with van der Waals surface area (Å²) in [7, 11) is -2.43. The Kier molecular flexibility index (Phi) is 5.61. The maximum absolute atomic E-state index is 12.5. The molecule has 0 radical (unpaired) electrons. The molecule has 7 nitrogen and oxygen atoms in total. The highest BCUT2D eigenvalue weighted by molar-refractivity contribution is 7.91. The summed E-state index contributed by atoms with van der Waals surface area (Å²) < 4.78 is 32.1. The predicted molar refractivity (Wildman–Crippen MR) is 117 cm³/mol. The number of nitrogens with one attached hydrogen (secondary N) is 1. The van der Waals surface area contributed by atoms with Gasteiger partial charge in [0.2, 0.25) is 11.8 Å². The summed E-state index contributed by atoms with van der Waals surface area (Å²) in [5, 5.41) is 2.69. The van der Waals surface area contributed by atoms with Crippen molar-refractivity contribution in [2.24, 2.45) is 0 Å². The fraction of sp³-hybridized carbons (Fsp3) is 0.100. The number of nitrogens with zero attached hydrogens (tertiary/aromatic N) is 2. The van der Waals surface area contributed by atoms with Crippen LogP contribution >= 0.6 is 22.9 Å². The van der Waals surface area contributed by atoms with Crippen molar-refractivity contribution >= 4 is 55.7 Å². The molecule has 0 saturated carbocycles. The van der Waals surface area contributed by atoms with Crippen molar-refractivity contribution in [3.8, 4) is 11.5 Å². The number of sulfonamides is 1. The first-order valence-electron chi connectivity index (χ1n) is 8.80. The summed E-state index contributed by atoms with van der Waals surface area (Å²) in [5.41, 5.74) is 2.76. The van der Waals surface area contributed by atoms with Crippen molar-refractivity contribution in [3.05, 3.63) is 65.0 Å². The number of halogens is 1. The van der Waals surface area contributed by atoms with Crippen LogP contribution in [0.4, 0.5) is 5.69 Å². The second-order valence-electron chi connectivity index (χ2n) is 6.43. The van der Waals surface area contributed by atoms with Gasteiger partial charge in [-0.25, -0.2) is 13.4 Å². The average Bonchev–Trinajstić information content (AvgIpc) is 3.35. The average molecular weight is 462 g/mol. The van der Waals surface area contributed by atoms with Gasteiger partial charge in [-0.05, 0) is 48.5 Å². The van der Waals surface area contributed by atoms with Crippen LogP contribution in [0.3, 0.4) is 0 Å². The van der Waals surface area contributed by atoms with E-state index in [9.17, 15) is 13.2 Å². The lowest BCUT2D eigenvalue weighted by Crippen LogP contribution is -2.34. The number of carbonyl (C=O) groups is 1. The molecule has 10 heteroatoms. The van der Waals surface area contributed by atoms with Gasteiger partial charge in [-0.3, -0.25) is 4.79 Å². The first-order valence-corrected chi connectivity index (χ1v) is 11.4. The highest BCUT2D eigenvalue weighted by Crippen LogP contribution is 2.28. The van der Waals surface area contributed by atoms with Gasteiger partial charge in [-0.15, -0.1) is 11.3 Å².